The summed E-state index contributed by atoms with van der Waals surface area (Å²) >= 11 is 6.10. The molecule has 2 aromatic carbocycles. The van der Waals surface area contributed by atoms with Gasteiger partial charge in [0.05, 0.1) is 27.7 Å². The minimum atomic E-state index is -1.62. The Kier molecular flexibility index (Phi) is 4.06. The third kappa shape index (κ3) is 2.79. The van der Waals surface area contributed by atoms with Crippen molar-refractivity contribution in [2.75, 3.05) is 0 Å². The summed E-state index contributed by atoms with van der Waals surface area (Å²) in [6.07, 6.45) is 2.54. The Balaban J connectivity index is 1.97. The predicted octanol–water partition coefficient (Wildman–Crippen LogP) is 3.14. The average Bonchev–Trinajstić information content (AvgIpc) is 3.26. The van der Waals surface area contributed by atoms with E-state index in [4.69, 9.17) is 16.7 Å². The zero-order valence-electron chi connectivity index (χ0n) is 13.1. The molecule has 1 unspecified atom stereocenters. The van der Waals surface area contributed by atoms with Crippen LogP contribution in [0.25, 0.3) is 17.0 Å². The number of aromatic carboxylic acids is 1. The fourth-order valence-corrected chi connectivity index (χ4v) is 3.87. The van der Waals surface area contributed by atoms with Gasteiger partial charge in [-0.1, -0.05) is 29.8 Å². The van der Waals surface area contributed by atoms with Gasteiger partial charge in [0.15, 0.2) is 11.0 Å². The molecule has 0 saturated carbocycles. The van der Waals surface area contributed by atoms with Crippen LogP contribution in [0.15, 0.2) is 65.8 Å². The Labute approximate surface area is 155 Å². The largest absolute Gasteiger partial charge is 0.478 e. The molecular weight excluding hydrogens is 376 g/mol. The van der Waals surface area contributed by atoms with Crippen molar-refractivity contribution in [2.24, 2.45) is 0 Å². The van der Waals surface area contributed by atoms with E-state index in [1.807, 2.05) is 6.07 Å². The van der Waals surface area contributed by atoms with Gasteiger partial charge in [0.2, 0.25) is 5.95 Å². The topological polar surface area (TPSA) is 90.0 Å². The molecule has 4 aromatic rings. The maximum atomic E-state index is 13.2. The van der Waals surface area contributed by atoms with Crippen molar-refractivity contribution in [3.05, 3.63) is 71.5 Å². The van der Waals surface area contributed by atoms with Crippen molar-refractivity contribution in [3.8, 4) is 5.95 Å². The standard InChI is InChI=1S/C17H11ClN4O3S/c18-12-6-7-14-15(8-12)22(26(25)13-4-2-1-3-5-13)17(20-14)21-10-11(9-19-21)16(23)24/h1-10H,(H,23,24). The summed E-state index contributed by atoms with van der Waals surface area (Å²) in [6.45, 7) is 0. The molecule has 1 N–H and O–H groups in total. The number of fused-ring (bicyclic) bond motifs is 1. The van der Waals surface area contributed by atoms with Crippen LogP contribution in [0, 0.1) is 0 Å². The van der Waals surface area contributed by atoms with Gasteiger partial charge < -0.3 is 5.11 Å². The first-order valence-corrected chi connectivity index (χ1v) is 8.97. The van der Waals surface area contributed by atoms with Gasteiger partial charge in [-0.3, -0.25) is 0 Å². The molecule has 2 heterocycles. The monoisotopic (exact) mass is 386 g/mol. The summed E-state index contributed by atoms with van der Waals surface area (Å²) in [5.74, 6) is -0.872. The minimum absolute atomic E-state index is 0.00660. The molecule has 26 heavy (non-hydrogen) atoms. The van der Waals surface area contributed by atoms with E-state index in [-0.39, 0.29) is 11.5 Å². The van der Waals surface area contributed by atoms with Crippen molar-refractivity contribution >= 4 is 39.6 Å². The first-order chi connectivity index (χ1) is 12.5. The third-order valence-electron chi connectivity index (χ3n) is 3.70. The lowest BCUT2D eigenvalue weighted by Gasteiger charge is -2.08. The number of imidazole rings is 1. The minimum Gasteiger partial charge on any atom is -0.478 e. The molecule has 1 atom stereocenters. The predicted molar refractivity (Wildman–Crippen MR) is 97.1 cm³/mol. The van der Waals surface area contributed by atoms with E-state index < -0.39 is 17.0 Å². The number of halogens is 1. The highest BCUT2D eigenvalue weighted by molar-refractivity contribution is 7.83. The molecule has 2 aromatic heterocycles. The van der Waals surface area contributed by atoms with Gasteiger partial charge in [-0.15, -0.1) is 0 Å². The van der Waals surface area contributed by atoms with E-state index in [2.05, 4.69) is 10.1 Å². The van der Waals surface area contributed by atoms with Crippen LogP contribution >= 0.6 is 11.6 Å². The van der Waals surface area contributed by atoms with Gasteiger partial charge in [-0.05, 0) is 30.3 Å². The van der Waals surface area contributed by atoms with E-state index in [0.29, 0.717) is 21.0 Å². The third-order valence-corrected chi connectivity index (χ3v) is 5.31. The molecule has 130 valence electrons. The van der Waals surface area contributed by atoms with Crippen LogP contribution in [0.1, 0.15) is 10.4 Å². The zero-order valence-corrected chi connectivity index (χ0v) is 14.7. The average molecular weight is 387 g/mol. The maximum absolute atomic E-state index is 13.2. The molecule has 0 spiro atoms. The molecule has 0 aliphatic carbocycles. The quantitative estimate of drug-likeness (QED) is 0.582. The number of hydrogen-bond acceptors (Lipinski definition) is 4. The van der Waals surface area contributed by atoms with Crippen molar-refractivity contribution in [1.82, 2.24) is 18.7 Å². The van der Waals surface area contributed by atoms with Crippen LogP contribution in [0.4, 0.5) is 0 Å². The first-order valence-electron chi connectivity index (χ1n) is 7.48. The number of rotatable bonds is 4. The van der Waals surface area contributed by atoms with Crippen LogP contribution < -0.4 is 0 Å². The van der Waals surface area contributed by atoms with Gasteiger partial charge >= 0.3 is 5.97 Å². The van der Waals surface area contributed by atoms with E-state index in [9.17, 15) is 9.00 Å². The lowest BCUT2D eigenvalue weighted by molar-refractivity contribution is 0.0697. The molecule has 0 aliphatic heterocycles. The van der Waals surface area contributed by atoms with Gasteiger partial charge in [0.1, 0.15) is 0 Å². The number of aromatic nitrogens is 4. The van der Waals surface area contributed by atoms with Gasteiger partial charge in [-0.2, -0.15) is 5.10 Å². The van der Waals surface area contributed by atoms with Crippen LogP contribution in [-0.2, 0) is 11.0 Å². The number of carbonyl (C=O) groups is 1. The molecule has 0 amide bonds. The van der Waals surface area contributed by atoms with Gasteiger partial charge in [-0.25, -0.2) is 22.6 Å². The van der Waals surface area contributed by atoms with E-state index in [1.54, 1.807) is 42.5 Å². The van der Waals surface area contributed by atoms with Crippen molar-refractivity contribution < 1.29 is 14.1 Å². The summed E-state index contributed by atoms with van der Waals surface area (Å²) < 4.78 is 16.0. The summed E-state index contributed by atoms with van der Waals surface area (Å²) in [5.41, 5.74) is 1.13. The van der Waals surface area contributed by atoms with Gasteiger partial charge in [0.25, 0.3) is 0 Å². The normalized spacial score (nSPS) is 12.3. The van der Waals surface area contributed by atoms with Crippen molar-refractivity contribution in [1.29, 1.82) is 0 Å². The molecule has 0 radical (unpaired) electrons. The number of benzene rings is 2. The first kappa shape index (κ1) is 16.5. The summed E-state index contributed by atoms with van der Waals surface area (Å²) in [7, 11) is -1.62. The summed E-state index contributed by atoms with van der Waals surface area (Å²) in [6, 6.07) is 13.9. The molecular formula is C17H11ClN4O3S. The Morgan fingerprint density at radius 2 is 1.92 bits per heavy atom. The Morgan fingerprint density at radius 1 is 1.15 bits per heavy atom. The fraction of sp³-hybridized carbons (Fsp3) is 0. The maximum Gasteiger partial charge on any atom is 0.338 e. The molecule has 0 fully saturated rings. The highest BCUT2D eigenvalue weighted by Gasteiger charge is 2.20. The molecule has 0 saturated heterocycles. The molecule has 4 rings (SSSR count). The van der Waals surface area contributed by atoms with E-state index in [1.165, 1.54) is 21.0 Å². The number of carboxylic acids is 1. The second kappa shape index (κ2) is 6.40. The van der Waals surface area contributed by atoms with Crippen molar-refractivity contribution in [3.63, 3.8) is 0 Å². The van der Waals surface area contributed by atoms with Gasteiger partial charge in [0, 0.05) is 11.2 Å². The smallest absolute Gasteiger partial charge is 0.338 e. The summed E-state index contributed by atoms with van der Waals surface area (Å²) in [4.78, 5) is 16.2. The number of hydrogen-bond donors (Lipinski definition) is 1. The lowest BCUT2D eigenvalue weighted by Crippen LogP contribution is -2.12. The summed E-state index contributed by atoms with van der Waals surface area (Å²) in [5, 5.41) is 13.6. The second-order valence-corrected chi connectivity index (χ2v) is 7.15. The lowest BCUT2D eigenvalue weighted by atomic mass is 10.3. The second-order valence-electron chi connectivity index (χ2n) is 5.38. The fourth-order valence-electron chi connectivity index (χ4n) is 2.51. The van der Waals surface area contributed by atoms with E-state index >= 15 is 0 Å². The Bertz CT molecular complexity index is 1150. The van der Waals surface area contributed by atoms with Crippen molar-refractivity contribution in [2.45, 2.75) is 4.90 Å². The molecule has 0 aliphatic rings. The zero-order chi connectivity index (χ0) is 18.3. The number of carboxylic acid groups (broad SMARTS) is 1. The van der Waals surface area contributed by atoms with Crippen LogP contribution in [0.3, 0.4) is 0 Å². The van der Waals surface area contributed by atoms with E-state index in [0.717, 1.165) is 0 Å². The Morgan fingerprint density at radius 3 is 2.62 bits per heavy atom. The highest BCUT2D eigenvalue weighted by atomic mass is 35.5. The highest BCUT2D eigenvalue weighted by Crippen LogP contribution is 2.25. The molecule has 7 nitrogen and oxygen atoms in total. The number of nitrogens with zero attached hydrogens (tertiary/aromatic N) is 4. The Hall–Kier alpha value is -2.97. The van der Waals surface area contributed by atoms with Crippen LogP contribution in [-0.4, -0.2) is 34.0 Å². The van der Waals surface area contributed by atoms with Crippen LogP contribution in [0.2, 0.25) is 5.02 Å². The van der Waals surface area contributed by atoms with Crippen LogP contribution in [0.5, 0.6) is 0 Å². The SMILES string of the molecule is O=C(O)c1cnn(-c2nc3ccc(Cl)cc3n2S(=O)c2ccccc2)c1. The molecule has 0 bridgehead atoms. The molecule has 9 heteroatoms.